The van der Waals surface area contributed by atoms with Crippen LogP contribution >= 0.6 is 23.2 Å². The standard InChI is InChI=1S/C21H19Cl2N3O3S/c1-15-2-7-19(23)20(12-15)26(30(28,29)18-5-3-17(22)4-6-18)14-21(27)25-13-16-8-10-24-11-9-16/h2-12H,13-14H2,1H3,(H,25,27). The SMILES string of the molecule is Cc1ccc(Cl)c(N(CC(=O)NCc2ccncc2)S(=O)(=O)c2ccc(Cl)cc2)c1. The topological polar surface area (TPSA) is 79.4 Å². The molecule has 0 spiro atoms. The molecule has 9 heteroatoms. The highest BCUT2D eigenvalue weighted by Crippen LogP contribution is 2.31. The minimum Gasteiger partial charge on any atom is -0.350 e. The molecule has 0 aliphatic heterocycles. The van der Waals surface area contributed by atoms with E-state index in [1.165, 1.54) is 24.3 Å². The number of carbonyl (C=O) groups excluding carboxylic acids is 1. The van der Waals surface area contributed by atoms with E-state index in [0.29, 0.717) is 5.02 Å². The smallest absolute Gasteiger partial charge is 0.264 e. The summed E-state index contributed by atoms with van der Waals surface area (Å²) in [5, 5.41) is 3.36. The number of amides is 1. The van der Waals surface area contributed by atoms with Gasteiger partial charge in [0.1, 0.15) is 6.54 Å². The molecule has 0 aliphatic carbocycles. The Labute approximate surface area is 185 Å². The fourth-order valence-corrected chi connectivity index (χ4v) is 4.56. The van der Waals surface area contributed by atoms with Crippen LogP contribution in [-0.2, 0) is 21.4 Å². The summed E-state index contributed by atoms with van der Waals surface area (Å²) < 4.78 is 27.7. The zero-order chi connectivity index (χ0) is 21.7. The monoisotopic (exact) mass is 463 g/mol. The molecule has 0 saturated heterocycles. The van der Waals surface area contributed by atoms with Crippen LogP contribution in [0.15, 0.2) is 71.9 Å². The molecule has 30 heavy (non-hydrogen) atoms. The van der Waals surface area contributed by atoms with Crippen LogP contribution in [0.25, 0.3) is 0 Å². The lowest BCUT2D eigenvalue weighted by Gasteiger charge is -2.25. The van der Waals surface area contributed by atoms with E-state index in [1.807, 2.05) is 6.92 Å². The van der Waals surface area contributed by atoms with Crippen LogP contribution < -0.4 is 9.62 Å². The van der Waals surface area contributed by atoms with Gasteiger partial charge in [-0.3, -0.25) is 14.1 Å². The molecule has 1 N–H and O–H groups in total. The van der Waals surface area contributed by atoms with Crippen LogP contribution in [0.1, 0.15) is 11.1 Å². The van der Waals surface area contributed by atoms with Crippen LogP contribution in [-0.4, -0.2) is 25.9 Å². The van der Waals surface area contributed by atoms with Gasteiger partial charge in [0.25, 0.3) is 10.0 Å². The summed E-state index contributed by atoms with van der Waals surface area (Å²) in [6.07, 6.45) is 3.23. The molecular formula is C21H19Cl2N3O3S. The Morgan fingerprint density at radius 1 is 1.03 bits per heavy atom. The van der Waals surface area contributed by atoms with Crippen molar-refractivity contribution in [2.45, 2.75) is 18.4 Å². The first-order valence-corrected chi connectivity index (χ1v) is 11.2. The van der Waals surface area contributed by atoms with Gasteiger partial charge < -0.3 is 5.32 Å². The number of hydrogen-bond donors (Lipinski definition) is 1. The lowest BCUT2D eigenvalue weighted by molar-refractivity contribution is -0.119. The molecule has 0 saturated carbocycles. The Bertz CT molecular complexity index is 1140. The lowest BCUT2D eigenvalue weighted by Crippen LogP contribution is -2.40. The maximum Gasteiger partial charge on any atom is 0.264 e. The molecule has 2 aromatic carbocycles. The third kappa shape index (κ3) is 5.30. The van der Waals surface area contributed by atoms with Gasteiger partial charge in [0.2, 0.25) is 5.91 Å². The summed E-state index contributed by atoms with van der Waals surface area (Å²) in [4.78, 5) is 16.6. The van der Waals surface area contributed by atoms with Gasteiger partial charge in [-0.05, 0) is 66.6 Å². The maximum absolute atomic E-state index is 13.4. The summed E-state index contributed by atoms with van der Waals surface area (Å²) in [6, 6.07) is 14.3. The van der Waals surface area contributed by atoms with Gasteiger partial charge in [-0.2, -0.15) is 0 Å². The Morgan fingerprint density at radius 2 is 1.70 bits per heavy atom. The van der Waals surface area contributed by atoms with Crippen molar-refractivity contribution in [1.29, 1.82) is 0 Å². The van der Waals surface area contributed by atoms with E-state index in [0.717, 1.165) is 15.4 Å². The number of anilines is 1. The fourth-order valence-electron chi connectivity index (χ4n) is 2.73. The normalized spacial score (nSPS) is 11.2. The van der Waals surface area contributed by atoms with E-state index in [1.54, 1.807) is 42.7 Å². The zero-order valence-corrected chi connectivity index (χ0v) is 18.4. The number of hydrogen-bond acceptors (Lipinski definition) is 4. The summed E-state index contributed by atoms with van der Waals surface area (Å²) in [5.74, 6) is -0.470. The van der Waals surface area contributed by atoms with Crippen LogP contribution in [0, 0.1) is 6.92 Å². The molecule has 156 valence electrons. The van der Waals surface area contributed by atoms with Gasteiger partial charge in [0, 0.05) is 24.0 Å². The van der Waals surface area contributed by atoms with Crippen LogP contribution in [0.4, 0.5) is 5.69 Å². The van der Waals surface area contributed by atoms with Gasteiger partial charge >= 0.3 is 0 Å². The number of rotatable bonds is 7. The largest absolute Gasteiger partial charge is 0.350 e. The molecule has 6 nitrogen and oxygen atoms in total. The molecule has 3 rings (SSSR count). The number of aromatic nitrogens is 1. The molecule has 0 atom stereocenters. The molecule has 0 fully saturated rings. The first kappa shape index (κ1) is 22.1. The van der Waals surface area contributed by atoms with Gasteiger partial charge in [-0.15, -0.1) is 0 Å². The zero-order valence-electron chi connectivity index (χ0n) is 16.0. The second-order valence-corrected chi connectivity index (χ2v) is 9.26. The van der Waals surface area contributed by atoms with Gasteiger partial charge in [-0.25, -0.2) is 8.42 Å². The Hall–Kier alpha value is -2.61. The first-order valence-electron chi connectivity index (χ1n) is 8.97. The van der Waals surface area contributed by atoms with Crippen LogP contribution in [0.2, 0.25) is 10.0 Å². The molecule has 3 aromatic rings. The Morgan fingerprint density at radius 3 is 2.37 bits per heavy atom. The number of aryl methyl sites for hydroxylation is 1. The van der Waals surface area contributed by atoms with Crippen LogP contribution in [0.3, 0.4) is 0 Å². The predicted octanol–water partition coefficient (Wildman–Crippen LogP) is 4.21. The number of halogens is 2. The third-order valence-electron chi connectivity index (χ3n) is 4.30. The highest BCUT2D eigenvalue weighted by molar-refractivity contribution is 7.92. The van der Waals surface area contributed by atoms with Crippen molar-refractivity contribution in [2.75, 3.05) is 10.8 Å². The molecule has 0 unspecified atom stereocenters. The van der Waals surface area contributed by atoms with Crippen molar-refractivity contribution in [3.8, 4) is 0 Å². The van der Waals surface area contributed by atoms with E-state index in [-0.39, 0.29) is 22.2 Å². The first-order chi connectivity index (χ1) is 14.3. The third-order valence-corrected chi connectivity index (χ3v) is 6.64. The Balaban J connectivity index is 1.92. The predicted molar refractivity (Wildman–Crippen MR) is 118 cm³/mol. The number of nitrogens with zero attached hydrogens (tertiary/aromatic N) is 2. The summed E-state index contributed by atoms with van der Waals surface area (Å²) in [7, 11) is -4.07. The maximum atomic E-state index is 13.4. The number of nitrogens with one attached hydrogen (secondary N) is 1. The minimum absolute atomic E-state index is 0.00593. The van der Waals surface area contributed by atoms with Crippen molar-refractivity contribution in [1.82, 2.24) is 10.3 Å². The van der Waals surface area contributed by atoms with E-state index in [2.05, 4.69) is 10.3 Å². The minimum atomic E-state index is -4.07. The summed E-state index contributed by atoms with van der Waals surface area (Å²) in [6.45, 7) is 1.63. The van der Waals surface area contributed by atoms with Crippen LogP contribution in [0.5, 0.6) is 0 Å². The quantitative estimate of drug-likeness (QED) is 0.568. The highest BCUT2D eigenvalue weighted by Gasteiger charge is 2.28. The number of benzene rings is 2. The average Bonchev–Trinajstić information content (AvgIpc) is 2.73. The summed E-state index contributed by atoms with van der Waals surface area (Å²) >= 11 is 12.2. The molecule has 1 amide bonds. The highest BCUT2D eigenvalue weighted by atomic mass is 35.5. The fraction of sp³-hybridized carbons (Fsp3) is 0.143. The summed E-state index contributed by atoms with van der Waals surface area (Å²) in [5.41, 5.74) is 1.88. The van der Waals surface area contributed by atoms with E-state index in [9.17, 15) is 13.2 Å². The molecule has 1 aromatic heterocycles. The molecule has 0 bridgehead atoms. The van der Waals surface area contributed by atoms with E-state index < -0.39 is 22.5 Å². The molecular weight excluding hydrogens is 445 g/mol. The van der Waals surface area contributed by atoms with Crippen molar-refractivity contribution >= 4 is 44.8 Å². The molecule has 0 radical (unpaired) electrons. The molecule has 1 heterocycles. The number of sulfonamides is 1. The van der Waals surface area contributed by atoms with Crippen molar-refractivity contribution in [3.63, 3.8) is 0 Å². The van der Waals surface area contributed by atoms with Crippen molar-refractivity contribution < 1.29 is 13.2 Å². The van der Waals surface area contributed by atoms with Gasteiger partial charge in [0.15, 0.2) is 0 Å². The van der Waals surface area contributed by atoms with Gasteiger partial charge in [-0.1, -0.05) is 29.3 Å². The molecule has 0 aliphatic rings. The van der Waals surface area contributed by atoms with Gasteiger partial charge in [0.05, 0.1) is 15.6 Å². The second-order valence-electron chi connectivity index (χ2n) is 6.55. The average molecular weight is 464 g/mol. The van der Waals surface area contributed by atoms with E-state index >= 15 is 0 Å². The number of pyridine rings is 1. The van der Waals surface area contributed by atoms with Crippen molar-refractivity contribution in [2.24, 2.45) is 0 Å². The van der Waals surface area contributed by atoms with E-state index in [4.69, 9.17) is 23.2 Å². The van der Waals surface area contributed by atoms with Crippen molar-refractivity contribution in [3.05, 3.63) is 88.2 Å². The lowest BCUT2D eigenvalue weighted by atomic mass is 10.2. The number of carbonyl (C=O) groups is 1. The Kier molecular flexibility index (Phi) is 6.97. The second kappa shape index (κ2) is 9.47.